The van der Waals surface area contributed by atoms with Crippen LogP contribution in [0.2, 0.25) is 5.02 Å². The number of rotatable bonds is 7. The van der Waals surface area contributed by atoms with E-state index in [1.807, 2.05) is 45.9 Å². The van der Waals surface area contributed by atoms with Gasteiger partial charge in [-0.1, -0.05) is 23.7 Å². The van der Waals surface area contributed by atoms with Gasteiger partial charge >= 0.3 is 0 Å². The topological polar surface area (TPSA) is 68.2 Å². The van der Waals surface area contributed by atoms with Gasteiger partial charge < -0.3 is 20.0 Å². The summed E-state index contributed by atoms with van der Waals surface area (Å²) in [5, 5.41) is 3.99. The van der Waals surface area contributed by atoms with Crippen LogP contribution >= 0.6 is 11.6 Å². The van der Waals surface area contributed by atoms with Crippen LogP contribution in [0.5, 0.6) is 0 Å². The Bertz CT molecular complexity index is 737. The summed E-state index contributed by atoms with van der Waals surface area (Å²) in [7, 11) is 0. The summed E-state index contributed by atoms with van der Waals surface area (Å²) in [6, 6.07) is 7.61. The van der Waals surface area contributed by atoms with Gasteiger partial charge in [-0.2, -0.15) is 0 Å². The molecular weight excluding hydrogens is 390 g/mol. The van der Waals surface area contributed by atoms with Crippen molar-refractivity contribution in [3.8, 4) is 0 Å². The summed E-state index contributed by atoms with van der Waals surface area (Å²) in [6.07, 6.45) is 2.48. The van der Waals surface area contributed by atoms with E-state index in [0.29, 0.717) is 37.6 Å². The van der Waals surface area contributed by atoms with Crippen molar-refractivity contribution < 1.29 is 9.59 Å². The summed E-state index contributed by atoms with van der Waals surface area (Å²) in [4.78, 5) is 34.8. The molecule has 2 heterocycles. The molecule has 29 heavy (non-hydrogen) atoms. The van der Waals surface area contributed by atoms with Gasteiger partial charge in [0, 0.05) is 57.3 Å². The number of carbonyl (C=O) groups excluding carboxylic acids is 2. The van der Waals surface area contributed by atoms with Crippen LogP contribution in [0.4, 0.5) is 0 Å². The Kier molecular flexibility index (Phi) is 7.75. The lowest BCUT2D eigenvalue weighted by Gasteiger charge is -2.36. The van der Waals surface area contributed by atoms with E-state index in [4.69, 9.17) is 11.6 Å². The molecule has 0 aliphatic carbocycles. The molecule has 1 aromatic carbocycles. The molecule has 0 saturated carbocycles. The minimum absolute atomic E-state index is 0.0967. The third-order valence-electron chi connectivity index (χ3n) is 5.26. The number of hydrogen-bond acceptors (Lipinski definition) is 3. The maximum atomic E-state index is 12.7. The van der Waals surface area contributed by atoms with E-state index in [2.05, 4.69) is 10.3 Å². The predicted molar refractivity (Wildman–Crippen MR) is 115 cm³/mol. The highest BCUT2D eigenvalue weighted by Crippen LogP contribution is 2.14. The Morgan fingerprint density at radius 1 is 1.10 bits per heavy atom. The second-order valence-corrected chi connectivity index (χ2v) is 7.87. The maximum Gasteiger partial charge on any atom is 0.242 e. The first-order chi connectivity index (χ1) is 14.1. The zero-order valence-electron chi connectivity index (χ0n) is 17.1. The lowest BCUT2D eigenvalue weighted by atomic mass is 10.2. The predicted octanol–water partition coefficient (Wildman–Crippen LogP) is 1.96. The molecule has 1 N–H and O–H groups in total. The highest BCUT2D eigenvalue weighted by atomic mass is 35.5. The van der Waals surface area contributed by atoms with Crippen LogP contribution in [-0.2, 0) is 16.1 Å². The number of nitrogens with one attached hydrogen (secondary N) is 1. The Balaban J connectivity index is 1.50. The fraction of sp³-hybridized carbons (Fsp3) is 0.571. The first-order valence-electron chi connectivity index (χ1n) is 10.4. The molecule has 0 atom stereocenters. The Morgan fingerprint density at radius 3 is 2.55 bits per heavy atom. The molecule has 2 saturated heterocycles. The number of likely N-dealkylation sites (tertiary alicyclic amines) is 1. The smallest absolute Gasteiger partial charge is 0.242 e. The molecule has 158 valence electrons. The third kappa shape index (κ3) is 6.10. The van der Waals surface area contributed by atoms with Gasteiger partial charge in [-0.25, -0.2) is 0 Å². The fourth-order valence-corrected chi connectivity index (χ4v) is 3.81. The van der Waals surface area contributed by atoms with Crippen LogP contribution in [-0.4, -0.2) is 78.3 Å². The van der Waals surface area contributed by atoms with Crippen molar-refractivity contribution in [1.29, 1.82) is 0 Å². The van der Waals surface area contributed by atoms with Crippen LogP contribution < -0.4 is 5.32 Å². The molecule has 0 unspecified atom stereocenters. The lowest BCUT2D eigenvalue weighted by Crippen LogP contribution is -2.55. The van der Waals surface area contributed by atoms with Crippen molar-refractivity contribution in [1.82, 2.24) is 20.0 Å². The molecule has 0 aromatic heterocycles. The molecule has 8 heteroatoms. The number of piperazine rings is 1. The van der Waals surface area contributed by atoms with Crippen molar-refractivity contribution >= 4 is 29.4 Å². The monoisotopic (exact) mass is 419 g/mol. The van der Waals surface area contributed by atoms with Gasteiger partial charge in [0.15, 0.2) is 5.96 Å². The number of aliphatic imine (C=N–C) groups is 1. The number of hydrogen-bond donors (Lipinski definition) is 1. The maximum absolute atomic E-state index is 12.7. The molecule has 2 fully saturated rings. The molecule has 7 nitrogen and oxygen atoms in total. The minimum atomic E-state index is 0.0967. The van der Waals surface area contributed by atoms with Gasteiger partial charge in [0.05, 0.1) is 6.54 Å². The van der Waals surface area contributed by atoms with Crippen LogP contribution in [0.15, 0.2) is 29.3 Å². The van der Waals surface area contributed by atoms with E-state index in [0.717, 1.165) is 50.5 Å². The van der Waals surface area contributed by atoms with Gasteiger partial charge in [-0.15, -0.1) is 0 Å². The van der Waals surface area contributed by atoms with Crippen LogP contribution in [0.25, 0.3) is 0 Å². The third-order valence-corrected chi connectivity index (χ3v) is 5.51. The number of guanidine groups is 1. The second-order valence-electron chi connectivity index (χ2n) is 7.44. The first-order valence-corrected chi connectivity index (χ1v) is 10.8. The number of amides is 2. The van der Waals surface area contributed by atoms with E-state index in [1.165, 1.54) is 0 Å². The largest absolute Gasteiger partial charge is 0.357 e. The summed E-state index contributed by atoms with van der Waals surface area (Å²) in [5.74, 6) is 1.13. The first kappa shape index (κ1) is 21.4. The number of halogens is 1. The normalized spacial score (nSPS) is 18.0. The van der Waals surface area contributed by atoms with Gasteiger partial charge in [0.25, 0.3) is 0 Å². The second kappa shape index (κ2) is 10.5. The SMILES string of the molecule is CCNC(=NCCCN1CCCC1=O)N1CCN(Cc2ccc(Cl)cc2)C(=O)C1. The molecule has 2 aliphatic heterocycles. The average Bonchev–Trinajstić information content (AvgIpc) is 3.12. The summed E-state index contributed by atoms with van der Waals surface area (Å²) in [5.41, 5.74) is 1.08. The van der Waals surface area contributed by atoms with Gasteiger partial charge in [-0.3, -0.25) is 14.6 Å². The molecule has 2 amide bonds. The molecule has 2 aliphatic rings. The minimum Gasteiger partial charge on any atom is -0.357 e. The van der Waals surface area contributed by atoms with E-state index in [1.54, 1.807) is 0 Å². The quantitative estimate of drug-likeness (QED) is 0.417. The lowest BCUT2D eigenvalue weighted by molar-refractivity contribution is -0.135. The summed E-state index contributed by atoms with van der Waals surface area (Å²) >= 11 is 5.94. The molecule has 0 spiro atoms. The van der Waals surface area contributed by atoms with Crippen LogP contribution in [0.3, 0.4) is 0 Å². The van der Waals surface area contributed by atoms with E-state index >= 15 is 0 Å². The van der Waals surface area contributed by atoms with Crippen molar-refractivity contribution in [2.45, 2.75) is 32.7 Å². The van der Waals surface area contributed by atoms with Crippen LogP contribution in [0.1, 0.15) is 31.7 Å². The Labute approximate surface area is 177 Å². The van der Waals surface area contributed by atoms with Crippen molar-refractivity contribution in [2.24, 2.45) is 4.99 Å². The fourth-order valence-electron chi connectivity index (χ4n) is 3.68. The molecule has 3 rings (SSSR count). The van der Waals surface area contributed by atoms with E-state index < -0.39 is 0 Å². The Morgan fingerprint density at radius 2 is 1.90 bits per heavy atom. The van der Waals surface area contributed by atoms with Gasteiger partial charge in [-0.05, 0) is 37.5 Å². The highest BCUT2D eigenvalue weighted by molar-refractivity contribution is 6.30. The van der Waals surface area contributed by atoms with Gasteiger partial charge in [0.2, 0.25) is 11.8 Å². The molecular formula is C21H30ClN5O2. The zero-order chi connectivity index (χ0) is 20.6. The van der Waals surface area contributed by atoms with Crippen molar-refractivity contribution in [2.75, 3.05) is 45.8 Å². The standard InChI is InChI=1S/C21H30ClN5O2/c1-2-23-21(24-10-4-12-25-11-3-5-19(25)28)27-14-13-26(20(29)16-27)15-17-6-8-18(22)9-7-17/h6-9H,2-5,10-16H2,1H3,(H,23,24). The summed E-state index contributed by atoms with van der Waals surface area (Å²) < 4.78 is 0. The zero-order valence-corrected chi connectivity index (χ0v) is 17.8. The molecule has 0 bridgehead atoms. The summed E-state index contributed by atoms with van der Waals surface area (Å²) in [6.45, 7) is 7.38. The average molecular weight is 420 g/mol. The number of carbonyl (C=O) groups is 2. The van der Waals surface area contributed by atoms with Crippen molar-refractivity contribution in [3.05, 3.63) is 34.9 Å². The highest BCUT2D eigenvalue weighted by Gasteiger charge is 2.26. The van der Waals surface area contributed by atoms with Gasteiger partial charge in [0.1, 0.15) is 0 Å². The Hall–Kier alpha value is -2.28. The number of benzene rings is 1. The molecule has 1 aromatic rings. The molecule has 0 radical (unpaired) electrons. The van der Waals surface area contributed by atoms with E-state index in [9.17, 15) is 9.59 Å². The van der Waals surface area contributed by atoms with E-state index in [-0.39, 0.29) is 11.8 Å². The van der Waals surface area contributed by atoms with Crippen LogP contribution in [0, 0.1) is 0 Å². The number of nitrogens with zero attached hydrogens (tertiary/aromatic N) is 4. The van der Waals surface area contributed by atoms with Crippen molar-refractivity contribution in [3.63, 3.8) is 0 Å².